The van der Waals surface area contributed by atoms with Crippen LogP contribution in [-0.4, -0.2) is 15.8 Å². The minimum Gasteiger partial charge on any atom is -0.382 e. The monoisotopic (exact) mass is 616 g/mol. The number of nitrogens with one attached hydrogen (secondary N) is 1. The molecule has 0 unspecified atom stereocenters. The summed E-state index contributed by atoms with van der Waals surface area (Å²) in [5.74, 6) is -0.760. The number of benzene rings is 1. The van der Waals surface area contributed by atoms with Crippen molar-refractivity contribution in [1.82, 2.24) is 9.97 Å². The highest BCUT2D eigenvalue weighted by Gasteiger charge is 2.33. The summed E-state index contributed by atoms with van der Waals surface area (Å²) in [5, 5.41) is 3.41. The molecule has 2 aromatic heterocycles. The van der Waals surface area contributed by atoms with Gasteiger partial charge in [0.25, 0.3) is 0 Å². The fraction of sp³-hybridized carbons (Fsp3) is 0.192. The first-order valence-corrected chi connectivity index (χ1v) is 13.4. The van der Waals surface area contributed by atoms with Crippen molar-refractivity contribution in [2.75, 3.05) is 11.1 Å². The molecule has 3 aromatic rings. The van der Waals surface area contributed by atoms with Crippen LogP contribution in [0.1, 0.15) is 43.9 Å². The van der Waals surface area contributed by atoms with E-state index in [9.17, 15) is 31.1 Å². The van der Waals surface area contributed by atoms with Gasteiger partial charge in [-0.2, -0.15) is 26.3 Å². The van der Waals surface area contributed by atoms with Gasteiger partial charge in [0.1, 0.15) is 15.7 Å². The van der Waals surface area contributed by atoms with Crippen molar-refractivity contribution < 1.29 is 31.1 Å². The van der Waals surface area contributed by atoms with Gasteiger partial charge in [0.05, 0.1) is 16.1 Å². The lowest BCUT2D eigenvalue weighted by Crippen LogP contribution is -2.10. The Morgan fingerprint density at radius 3 is 2.35 bits per heavy atom. The third kappa shape index (κ3) is 6.70. The molecule has 0 radical (unpaired) electrons. The molecule has 3 N–H and O–H groups in total. The van der Waals surface area contributed by atoms with Crippen molar-refractivity contribution in [1.29, 1.82) is 0 Å². The number of hydrogen-bond donors (Lipinski definition) is 2. The average molecular weight is 617 g/mol. The lowest BCUT2D eigenvalue weighted by atomic mass is 10.0. The number of nitrogens with zero attached hydrogens (tertiary/aromatic N) is 2. The van der Waals surface area contributed by atoms with E-state index in [0.29, 0.717) is 28.8 Å². The smallest absolute Gasteiger partial charge is 0.382 e. The Kier molecular flexibility index (Phi) is 8.38. The molecule has 4 rings (SSSR count). The Balaban J connectivity index is 1.51. The van der Waals surface area contributed by atoms with Gasteiger partial charge in [-0.25, -0.2) is 9.97 Å². The maximum Gasteiger partial charge on any atom is 0.417 e. The third-order valence-electron chi connectivity index (χ3n) is 5.60. The number of halogens is 7. The van der Waals surface area contributed by atoms with E-state index in [4.69, 9.17) is 17.3 Å². The van der Waals surface area contributed by atoms with Crippen molar-refractivity contribution in [3.63, 3.8) is 0 Å². The van der Waals surface area contributed by atoms with Crippen LogP contribution in [-0.2, 0) is 12.4 Å². The van der Waals surface area contributed by atoms with Crippen LogP contribution in [0.25, 0.3) is 0 Å². The van der Waals surface area contributed by atoms with Gasteiger partial charge in [0, 0.05) is 17.5 Å². The Morgan fingerprint density at radius 1 is 1.05 bits per heavy atom. The van der Waals surface area contributed by atoms with Crippen molar-refractivity contribution in [3.8, 4) is 0 Å². The first-order chi connectivity index (χ1) is 18.6. The average Bonchev–Trinajstić information content (AvgIpc) is 3.06. The highest BCUT2D eigenvalue weighted by molar-refractivity contribution is 8.03. The van der Waals surface area contributed by atoms with Crippen molar-refractivity contribution >= 4 is 51.4 Å². The fourth-order valence-electron chi connectivity index (χ4n) is 3.70. The largest absolute Gasteiger partial charge is 0.417 e. The normalized spacial score (nSPS) is 14.0. The standard InChI is InChI=1S/C26H19ClF6N4OS2/c1-12-8-14(25(28,29)30)10-18(27)19(12)20(38)21-22(34)37-24(40-21)36-16-4-3-5-17(7-6-16)39-23-13(2)9-15(11-35-23)26(31,32)33/h3-4,6-11H,5,34H2,1-2H3,(H,36,37). The second-order valence-corrected chi connectivity index (χ2v) is 11.2. The number of carbonyl (C=O) groups is 1. The molecule has 0 amide bonds. The van der Waals surface area contributed by atoms with Gasteiger partial charge < -0.3 is 11.1 Å². The van der Waals surface area contributed by atoms with E-state index < -0.39 is 29.3 Å². The molecule has 0 spiro atoms. The number of hydrogen-bond acceptors (Lipinski definition) is 7. The van der Waals surface area contributed by atoms with E-state index >= 15 is 0 Å². The zero-order chi connectivity index (χ0) is 29.4. The summed E-state index contributed by atoms with van der Waals surface area (Å²) < 4.78 is 78.0. The van der Waals surface area contributed by atoms with Gasteiger partial charge in [0.2, 0.25) is 5.78 Å². The fourth-order valence-corrected chi connectivity index (χ4v) is 5.79. The molecule has 0 saturated heterocycles. The first-order valence-electron chi connectivity index (χ1n) is 11.4. The van der Waals surface area contributed by atoms with E-state index in [1.165, 1.54) is 18.7 Å². The van der Waals surface area contributed by atoms with Gasteiger partial charge in [0.15, 0.2) is 5.13 Å². The molecule has 14 heteroatoms. The molecule has 1 aromatic carbocycles. The molecule has 210 valence electrons. The zero-order valence-electron chi connectivity index (χ0n) is 20.7. The van der Waals surface area contributed by atoms with Crippen LogP contribution in [0.3, 0.4) is 0 Å². The van der Waals surface area contributed by atoms with E-state index in [2.05, 4.69) is 15.3 Å². The van der Waals surface area contributed by atoms with E-state index in [0.717, 1.165) is 34.6 Å². The number of allylic oxidation sites excluding steroid dienone is 5. The molecule has 0 atom stereocenters. The minimum atomic E-state index is -4.61. The van der Waals surface area contributed by atoms with Crippen LogP contribution < -0.4 is 11.1 Å². The highest BCUT2D eigenvalue weighted by atomic mass is 35.5. The molecular formula is C26H19ClF6N4OS2. The van der Waals surface area contributed by atoms with Gasteiger partial charge >= 0.3 is 12.4 Å². The van der Waals surface area contributed by atoms with Crippen LogP contribution in [0.4, 0.5) is 37.3 Å². The Bertz CT molecular complexity index is 1550. The van der Waals surface area contributed by atoms with E-state index in [1.807, 2.05) is 6.08 Å². The van der Waals surface area contributed by atoms with Gasteiger partial charge in [-0.05, 0) is 72.7 Å². The van der Waals surface area contributed by atoms with Crippen molar-refractivity contribution in [2.45, 2.75) is 37.6 Å². The summed E-state index contributed by atoms with van der Waals surface area (Å²) in [4.78, 5) is 22.1. The summed E-state index contributed by atoms with van der Waals surface area (Å²) in [6.45, 7) is 2.92. The number of alkyl halides is 6. The number of carbonyl (C=O) groups excluding carboxylic acids is 1. The highest BCUT2D eigenvalue weighted by Crippen LogP contribution is 2.38. The molecule has 5 nitrogen and oxygen atoms in total. The quantitative estimate of drug-likeness (QED) is 0.213. The third-order valence-corrected chi connectivity index (χ3v) is 8.07. The second-order valence-electron chi connectivity index (χ2n) is 8.64. The number of thiazole rings is 1. The van der Waals surface area contributed by atoms with Crippen LogP contribution in [0.15, 0.2) is 64.3 Å². The van der Waals surface area contributed by atoms with Gasteiger partial charge in [-0.3, -0.25) is 4.79 Å². The molecule has 0 saturated carbocycles. The molecule has 0 bridgehead atoms. The number of nitrogen functional groups attached to an aromatic ring is 1. The number of rotatable bonds is 6. The number of pyridine rings is 1. The SMILES string of the molecule is Cc1cc(C(F)(F)F)cnc1SC1=CC=C(Nc2nc(N)c(C(=O)c3c(C)cc(C(F)(F)F)cc3Cl)s2)C=CC1. The maximum atomic E-state index is 13.1. The molecule has 2 heterocycles. The zero-order valence-corrected chi connectivity index (χ0v) is 23.1. The molecule has 1 aliphatic rings. The van der Waals surface area contributed by atoms with Crippen LogP contribution in [0, 0.1) is 13.8 Å². The Morgan fingerprint density at radius 2 is 1.73 bits per heavy atom. The summed E-state index contributed by atoms with van der Waals surface area (Å²) in [5.41, 5.74) is 5.12. The van der Waals surface area contributed by atoms with Gasteiger partial charge in [-0.15, -0.1) is 0 Å². The van der Waals surface area contributed by atoms with Crippen molar-refractivity contribution in [2.24, 2.45) is 0 Å². The topological polar surface area (TPSA) is 80.9 Å². The van der Waals surface area contributed by atoms with Crippen molar-refractivity contribution in [3.05, 3.63) is 97.0 Å². The lowest BCUT2D eigenvalue weighted by molar-refractivity contribution is -0.138. The van der Waals surface area contributed by atoms with E-state index in [-0.39, 0.29) is 32.0 Å². The molecule has 1 aliphatic carbocycles. The number of anilines is 2. The summed E-state index contributed by atoms with van der Waals surface area (Å²) >= 11 is 8.22. The first kappa shape index (κ1) is 29.7. The number of aromatic nitrogens is 2. The summed E-state index contributed by atoms with van der Waals surface area (Å²) in [6, 6.07) is 2.60. The number of aryl methyl sites for hydroxylation is 2. The number of thioether (sulfide) groups is 1. The van der Waals surface area contributed by atoms with E-state index in [1.54, 1.807) is 25.2 Å². The number of nitrogens with two attached hydrogens (primary N) is 1. The summed E-state index contributed by atoms with van der Waals surface area (Å²) in [6.07, 6.45) is -0.704. The molecule has 0 aliphatic heterocycles. The minimum absolute atomic E-state index is 0.0149. The molecule has 40 heavy (non-hydrogen) atoms. The molecular weight excluding hydrogens is 598 g/mol. The van der Waals surface area contributed by atoms with Gasteiger partial charge in [-0.1, -0.05) is 40.8 Å². The molecule has 0 fully saturated rings. The predicted octanol–water partition coefficient (Wildman–Crippen LogP) is 8.59. The Labute approximate surface area is 237 Å². The predicted molar refractivity (Wildman–Crippen MR) is 145 cm³/mol. The second kappa shape index (κ2) is 11.3. The lowest BCUT2D eigenvalue weighted by Gasteiger charge is -2.12. The van der Waals surface area contributed by atoms with Crippen LogP contribution in [0.2, 0.25) is 5.02 Å². The summed E-state index contributed by atoms with van der Waals surface area (Å²) in [7, 11) is 0. The maximum absolute atomic E-state index is 13.1. The van der Waals surface area contributed by atoms with Crippen LogP contribution >= 0.6 is 34.7 Å². The van der Waals surface area contributed by atoms with Crippen LogP contribution in [0.5, 0.6) is 0 Å². The Hall–Kier alpha value is -3.29. The number of ketones is 1.